The van der Waals surface area contributed by atoms with Crippen LogP contribution in [0.1, 0.15) is 38.7 Å². The van der Waals surface area contributed by atoms with Gasteiger partial charge in [-0.05, 0) is 18.1 Å². The molecule has 1 aromatic rings. The van der Waals surface area contributed by atoms with Crippen LogP contribution in [0.3, 0.4) is 0 Å². The predicted molar refractivity (Wildman–Crippen MR) is 91.2 cm³/mol. The van der Waals surface area contributed by atoms with Crippen molar-refractivity contribution < 1.29 is 23.5 Å². The van der Waals surface area contributed by atoms with Gasteiger partial charge in [0.15, 0.2) is 0 Å². The second-order valence-corrected chi connectivity index (χ2v) is 5.78. The summed E-state index contributed by atoms with van der Waals surface area (Å²) in [6.45, 7) is 3.24. The molecule has 25 heavy (non-hydrogen) atoms. The lowest BCUT2D eigenvalue weighted by atomic mass is 10.0. The van der Waals surface area contributed by atoms with E-state index in [0.29, 0.717) is 12.0 Å². The van der Waals surface area contributed by atoms with Crippen LogP contribution in [0.5, 0.6) is 0 Å². The molecule has 2 amide bonds. The third-order valence-electron chi connectivity index (χ3n) is 3.72. The second kappa shape index (κ2) is 10.4. The van der Waals surface area contributed by atoms with Crippen LogP contribution in [0, 0.1) is 5.82 Å². The Labute approximate surface area is 147 Å². The van der Waals surface area contributed by atoms with Gasteiger partial charge in [-0.25, -0.2) is 9.18 Å². The topological polar surface area (TPSA) is 84.5 Å². The van der Waals surface area contributed by atoms with Gasteiger partial charge in [0.1, 0.15) is 17.9 Å². The van der Waals surface area contributed by atoms with Gasteiger partial charge in [-0.15, -0.1) is 0 Å². The Morgan fingerprint density at radius 2 is 1.84 bits per heavy atom. The molecule has 0 aliphatic rings. The summed E-state index contributed by atoms with van der Waals surface area (Å²) in [6.07, 6.45) is 2.01. The summed E-state index contributed by atoms with van der Waals surface area (Å²) in [6, 6.07) is 4.25. The van der Waals surface area contributed by atoms with E-state index in [0.717, 1.165) is 12.8 Å². The molecular weight excluding hydrogens is 327 g/mol. The Morgan fingerprint density at radius 3 is 2.40 bits per heavy atom. The van der Waals surface area contributed by atoms with Crippen molar-refractivity contribution >= 4 is 17.8 Å². The van der Waals surface area contributed by atoms with E-state index in [1.165, 1.54) is 20.1 Å². The van der Waals surface area contributed by atoms with E-state index in [1.54, 1.807) is 18.2 Å². The number of nitrogens with one attached hydrogen (secondary N) is 2. The molecule has 2 N–H and O–H groups in total. The van der Waals surface area contributed by atoms with Crippen LogP contribution in [0.4, 0.5) is 4.39 Å². The van der Waals surface area contributed by atoms with Crippen molar-refractivity contribution in [2.75, 3.05) is 7.11 Å². The third-order valence-corrected chi connectivity index (χ3v) is 3.72. The van der Waals surface area contributed by atoms with E-state index in [-0.39, 0.29) is 6.42 Å². The first-order valence-electron chi connectivity index (χ1n) is 8.27. The zero-order valence-electron chi connectivity index (χ0n) is 14.8. The molecule has 7 heteroatoms. The first-order chi connectivity index (χ1) is 11.9. The molecule has 0 fully saturated rings. The Kier molecular flexibility index (Phi) is 8.60. The highest BCUT2D eigenvalue weighted by molar-refractivity contribution is 5.90. The maximum atomic E-state index is 13.8. The van der Waals surface area contributed by atoms with Gasteiger partial charge in [-0.1, -0.05) is 38.0 Å². The number of benzene rings is 1. The van der Waals surface area contributed by atoms with Crippen molar-refractivity contribution in [3.05, 3.63) is 35.6 Å². The molecule has 0 radical (unpaired) electrons. The summed E-state index contributed by atoms with van der Waals surface area (Å²) in [5, 5.41) is 5.10. The number of ether oxygens (including phenoxy) is 1. The molecule has 6 nitrogen and oxygen atoms in total. The van der Waals surface area contributed by atoms with E-state index in [4.69, 9.17) is 4.74 Å². The monoisotopic (exact) mass is 352 g/mol. The number of hydrogen-bond acceptors (Lipinski definition) is 4. The van der Waals surface area contributed by atoms with E-state index >= 15 is 0 Å². The average Bonchev–Trinajstić information content (AvgIpc) is 2.58. The van der Waals surface area contributed by atoms with Gasteiger partial charge in [-0.3, -0.25) is 9.59 Å². The number of hydrogen-bond donors (Lipinski definition) is 2. The van der Waals surface area contributed by atoms with E-state index in [1.807, 2.05) is 6.92 Å². The van der Waals surface area contributed by atoms with Crippen LogP contribution in [0.15, 0.2) is 24.3 Å². The summed E-state index contributed by atoms with van der Waals surface area (Å²) in [4.78, 5) is 35.8. The number of halogens is 1. The van der Waals surface area contributed by atoms with Crippen molar-refractivity contribution in [3.8, 4) is 0 Å². The fourth-order valence-electron chi connectivity index (χ4n) is 2.41. The predicted octanol–water partition coefficient (Wildman–Crippen LogP) is 1.72. The Morgan fingerprint density at radius 1 is 1.16 bits per heavy atom. The van der Waals surface area contributed by atoms with Gasteiger partial charge in [0, 0.05) is 13.3 Å². The number of unbranched alkanes of at least 4 members (excludes halogenated alkanes) is 1. The van der Waals surface area contributed by atoms with Gasteiger partial charge in [0.05, 0.1) is 7.11 Å². The van der Waals surface area contributed by atoms with Crippen molar-refractivity contribution in [2.24, 2.45) is 0 Å². The molecule has 0 aromatic heterocycles. The fraction of sp³-hybridized carbons (Fsp3) is 0.500. The number of methoxy groups -OCH3 is 1. The quantitative estimate of drug-likeness (QED) is 0.663. The fourth-order valence-corrected chi connectivity index (χ4v) is 2.41. The minimum atomic E-state index is -0.983. The molecule has 0 saturated heterocycles. The second-order valence-electron chi connectivity index (χ2n) is 5.78. The summed E-state index contributed by atoms with van der Waals surface area (Å²) >= 11 is 0. The lowest BCUT2D eigenvalue weighted by Gasteiger charge is -2.22. The van der Waals surface area contributed by atoms with E-state index in [9.17, 15) is 18.8 Å². The molecular formula is C18H25FN2O4. The first kappa shape index (κ1) is 20.6. The lowest BCUT2D eigenvalue weighted by Crippen LogP contribution is -2.52. The SMILES string of the molecule is CCCC[C@@H](NC(=O)[C@H](Cc1ccccc1F)NC(C)=O)C(=O)OC. The molecule has 1 rings (SSSR count). The van der Waals surface area contributed by atoms with Crippen LogP contribution in [-0.2, 0) is 25.5 Å². The van der Waals surface area contributed by atoms with Gasteiger partial charge in [-0.2, -0.15) is 0 Å². The number of esters is 1. The van der Waals surface area contributed by atoms with Gasteiger partial charge in [0.25, 0.3) is 0 Å². The van der Waals surface area contributed by atoms with Gasteiger partial charge in [0.2, 0.25) is 11.8 Å². The Balaban J connectivity index is 2.89. The zero-order chi connectivity index (χ0) is 18.8. The van der Waals surface area contributed by atoms with Crippen molar-refractivity contribution in [1.82, 2.24) is 10.6 Å². The molecule has 0 spiro atoms. The molecule has 0 unspecified atom stereocenters. The largest absolute Gasteiger partial charge is 0.467 e. The highest BCUT2D eigenvalue weighted by Gasteiger charge is 2.27. The summed E-state index contributed by atoms with van der Waals surface area (Å²) < 4.78 is 18.6. The molecule has 2 atom stereocenters. The van der Waals surface area contributed by atoms with Gasteiger partial charge < -0.3 is 15.4 Å². The normalized spacial score (nSPS) is 12.8. The van der Waals surface area contributed by atoms with Crippen LogP contribution < -0.4 is 10.6 Å². The van der Waals surface area contributed by atoms with Crippen LogP contribution in [0.2, 0.25) is 0 Å². The smallest absolute Gasteiger partial charge is 0.328 e. The maximum absolute atomic E-state index is 13.8. The minimum Gasteiger partial charge on any atom is -0.467 e. The number of rotatable bonds is 9. The van der Waals surface area contributed by atoms with Gasteiger partial charge >= 0.3 is 5.97 Å². The molecule has 0 aliphatic heterocycles. The van der Waals surface area contributed by atoms with Crippen molar-refractivity contribution in [1.29, 1.82) is 0 Å². The lowest BCUT2D eigenvalue weighted by molar-refractivity contribution is -0.145. The standard InChI is InChI=1S/C18H25FN2O4/c1-4-5-10-15(18(24)25-3)21-17(23)16(20-12(2)22)11-13-8-6-7-9-14(13)19/h6-9,15-16H,4-5,10-11H2,1-3H3,(H,20,22)(H,21,23)/t15-,16+/m1/s1. The summed E-state index contributed by atoms with van der Waals surface area (Å²) in [5.41, 5.74) is 0.305. The number of amides is 2. The first-order valence-corrected chi connectivity index (χ1v) is 8.27. The van der Waals surface area contributed by atoms with E-state index < -0.39 is 35.7 Å². The van der Waals surface area contributed by atoms with Crippen LogP contribution in [0.25, 0.3) is 0 Å². The number of carbonyl (C=O) groups is 3. The highest BCUT2D eigenvalue weighted by atomic mass is 19.1. The summed E-state index contributed by atoms with van der Waals surface area (Å²) in [5.74, 6) is -1.97. The van der Waals surface area contributed by atoms with Crippen molar-refractivity contribution in [2.45, 2.75) is 51.6 Å². The van der Waals surface area contributed by atoms with Crippen molar-refractivity contribution in [3.63, 3.8) is 0 Å². The van der Waals surface area contributed by atoms with E-state index in [2.05, 4.69) is 10.6 Å². The molecule has 0 bridgehead atoms. The molecule has 0 saturated carbocycles. The maximum Gasteiger partial charge on any atom is 0.328 e. The van der Waals surface area contributed by atoms with Crippen LogP contribution >= 0.6 is 0 Å². The third kappa shape index (κ3) is 6.91. The highest BCUT2D eigenvalue weighted by Crippen LogP contribution is 2.10. The Hall–Kier alpha value is -2.44. The molecule has 0 aliphatic carbocycles. The molecule has 138 valence electrons. The molecule has 0 heterocycles. The minimum absolute atomic E-state index is 0.0141. The molecule has 1 aromatic carbocycles. The number of carbonyl (C=O) groups excluding carboxylic acids is 3. The zero-order valence-corrected chi connectivity index (χ0v) is 14.8. The van der Waals surface area contributed by atoms with Crippen LogP contribution in [-0.4, -0.2) is 37.0 Å². The average molecular weight is 352 g/mol. The Bertz CT molecular complexity index is 606. The summed E-state index contributed by atoms with van der Waals surface area (Å²) in [7, 11) is 1.25.